The average Bonchev–Trinajstić information content (AvgIpc) is 3.09. The first-order valence-electron chi connectivity index (χ1n) is 7.83. The largest absolute Gasteiger partial charge is 0.411 e. The highest BCUT2D eigenvalue weighted by Gasteiger charge is 2.26. The summed E-state index contributed by atoms with van der Waals surface area (Å²) < 4.78 is 19.1. The Balaban J connectivity index is 1.53. The molecule has 0 radical (unpaired) electrons. The lowest BCUT2D eigenvalue weighted by Gasteiger charge is -2.30. The maximum absolute atomic E-state index is 13.7. The molecule has 0 saturated carbocycles. The van der Waals surface area contributed by atoms with Crippen molar-refractivity contribution in [2.45, 2.75) is 18.1 Å². The van der Waals surface area contributed by atoms with E-state index in [4.69, 9.17) is 10.2 Å². The Labute approximate surface area is 147 Å². The van der Waals surface area contributed by atoms with E-state index in [9.17, 15) is 14.0 Å². The number of likely N-dealkylation sites (tertiary alicyclic amines) is 1. The van der Waals surface area contributed by atoms with E-state index < -0.39 is 5.82 Å². The molecular formula is C16H17FN4O3S. The lowest BCUT2D eigenvalue weighted by molar-refractivity contribution is -0.132. The maximum atomic E-state index is 13.7. The number of piperidine rings is 1. The fourth-order valence-corrected chi connectivity index (χ4v) is 3.31. The first kappa shape index (κ1) is 17.4. The molecule has 2 aromatic rings. The predicted octanol–water partition coefficient (Wildman–Crippen LogP) is 1.69. The van der Waals surface area contributed by atoms with Crippen LogP contribution in [0.15, 0.2) is 33.9 Å². The fraction of sp³-hybridized carbons (Fsp3) is 0.375. The minimum atomic E-state index is -0.448. The van der Waals surface area contributed by atoms with Crippen LogP contribution in [0.2, 0.25) is 0 Å². The van der Waals surface area contributed by atoms with Gasteiger partial charge >= 0.3 is 0 Å². The Kier molecular flexibility index (Phi) is 5.32. The predicted molar refractivity (Wildman–Crippen MR) is 88.9 cm³/mol. The lowest BCUT2D eigenvalue weighted by Crippen LogP contribution is -2.42. The molecule has 25 heavy (non-hydrogen) atoms. The normalized spacial score (nSPS) is 15.3. The third-order valence-electron chi connectivity index (χ3n) is 4.08. The molecule has 1 saturated heterocycles. The van der Waals surface area contributed by atoms with Crippen LogP contribution >= 0.6 is 11.8 Å². The Hall–Kier alpha value is -2.42. The van der Waals surface area contributed by atoms with Crippen LogP contribution in [0.4, 0.5) is 4.39 Å². The zero-order chi connectivity index (χ0) is 17.8. The summed E-state index contributed by atoms with van der Waals surface area (Å²) in [6.07, 6.45) is 1.17. The highest BCUT2D eigenvalue weighted by atomic mass is 32.2. The number of aromatic nitrogens is 2. The van der Waals surface area contributed by atoms with E-state index in [1.807, 2.05) is 0 Å². The van der Waals surface area contributed by atoms with Crippen LogP contribution in [0.1, 0.15) is 12.8 Å². The monoisotopic (exact) mass is 364 g/mol. The molecule has 3 rings (SSSR count). The van der Waals surface area contributed by atoms with Gasteiger partial charge in [0, 0.05) is 19.0 Å². The first-order valence-corrected chi connectivity index (χ1v) is 8.81. The van der Waals surface area contributed by atoms with E-state index >= 15 is 0 Å². The summed E-state index contributed by atoms with van der Waals surface area (Å²) in [7, 11) is 0. The van der Waals surface area contributed by atoms with Crippen LogP contribution in [-0.4, -0.2) is 45.8 Å². The van der Waals surface area contributed by atoms with Crippen LogP contribution in [0.5, 0.6) is 0 Å². The molecule has 2 heterocycles. The molecule has 1 fully saturated rings. The summed E-state index contributed by atoms with van der Waals surface area (Å²) in [5.74, 6) is -0.769. The molecule has 0 bridgehead atoms. The van der Waals surface area contributed by atoms with Gasteiger partial charge in [0.25, 0.3) is 11.1 Å². The number of amides is 2. The minimum Gasteiger partial charge on any atom is -0.411 e. The number of rotatable bonds is 5. The van der Waals surface area contributed by atoms with E-state index in [0.717, 1.165) is 11.8 Å². The number of hydrogen-bond donors (Lipinski definition) is 1. The first-order chi connectivity index (χ1) is 12.0. The Morgan fingerprint density at radius 2 is 2.00 bits per heavy atom. The number of carbonyl (C=O) groups is 2. The van der Waals surface area contributed by atoms with Crippen molar-refractivity contribution in [1.29, 1.82) is 0 Å². The van der Waals surface area contributed by atoms with Gasteiger partial charge in [0.1, 0.15) is 5.82 Å². The second-order valence-electron chi connectivity index (χ2n) is 5.70. The van der Waals surface area contributed by atoms with Crippen LogP contribution in [0.3, 0.4) is 0 Å². The second-order valence-corrected chi connectivity index (χ2v) is 6.63. The summed E-state index contributed by atoms with van der Waals surface area (Å²) in [5, 5.41) is 7.85. The van der Waals surface area contributed by atoms with Gasteiger partial charge in [-0.1, -0.05) is 23.9 Å². The van der Waals surface area contributed by atoms with E-state index in [1.165, 1.54) is 6.07 Å². The third kappa shape index (κ3) is 4.16. The minimum absolute atomic E-state index is 0.0708. The molecule has 2 amide bonds. The molecule has 7 nitrogen and oxygen atoms in total. The van der Waals surface area contributed by atoms with Crippen LogP contribution < -0.4 is 5.73 Å². The molecule has 0 aliphatic carbocycles. The van der Waals surface area contributed by atoms with Gasteiger partial charge in [-0.15, -0.1) is 10.2 Å². The number of nitrogens with zero attached hydrogens (tertiary/aromatic N) is 3. The molecule has 9 heteroatoms. The van der Waals surface area contributed by atoms with Crippen LogP contribution in [-0.2, 0) is 9.59 Å². The molecular weight excluding hydrogens is 347 g/mol. The highest BCUT2D eigenvalue weighted by Crippen LogP contribution is 2.25. The molecule has 0 unspecified atom stereocenters. The van der Waals surface area contributed by atoms with Crippen molar-refractivity contribution in [3.05, 3.63) is 30.1 Å². The topological polar surface area (TPSA) is 102 Å². The van der Waals surface area contributed by atoms with Crippen molar-refractivity contribution in [1.82, 2.24) is 15.1 Å². The van der Waals surface area contributed by atoms with Crippen molar-refractivity contribution in [2.75, 3.05) is 18.8 Å². The summed E-state index contributed by atoms with van der Waals surface area (Å²) in [6, 6.07) is 6.11. The number of halogens is 1. The maximum Gasteiger partial charge on any atom is 0.277 e. The van der Waals surface area contributed by atoms with Gasteiger partial charge < -0.3 is 15.1 Å². The third-order valence-corrected chi connectivity index (χ3v) is 4.88. The molecule has 1 aliphatic rings. The molecule has 132 valence electrons. The van der Waals surface area contributed by atoms with Crippen molar-refractivity contribution in [3.63, 3.8) is 0 Å². The van der Waals surface area contributed by atoms with Crippen LogP contribution in [0.25, 0.3) is 11.5 Å². The average molecular weight is 364 g/mol. The van der Waals surface area contributed by atoms with E-state index in [1.54, 1.807) is 23.1 Å². The molecule has 1 aromatic carbocycles. The Bertz CT molecular complexity index is 774. The number of primary amides is 1. The number of thioether (sulfide) groups is 1. The van der Waals surface area contributed by atoms with E-state index in [0.29, 0.717) is 25.9 Å². The molecule has 1 aromatic heterocycles. The Morgan fingerprint density at radius 1 is 1.28 bits per heavy atom. The SMILES string of the molecule is NC(=O)C1CCN(C(=O)CSc2nnc(-c3ccccc3F)o2)CC1. The lowest BCUT2D eigenvalue weighted by atomic mass is 9.96. The highest BCUT2D eigenvalue weighted by molar-refractivity contribution is 7.99. The van der Waals surface area contributed by atoms with Gasteiger partial charge in [-0.3, -0.25) is 9.59 Å². The molecule has 2 N–H and O–H groups in total. The molecule has 0 spiro atoms. The van der Waals surface area contributed by atoms with Gasteiger partial charge in [0.15, 0.2) is 0 Å². The van der Waals surface area contributed by atoms with Crippen molar-refractivity contribution in [3.8, 4) is 11.5 Å². The van der Waals surface area contributed by atoms with Gasteiger partial charge in [-0.25, -0.2) is 4.39 Å². The van der Waals surface area contributed by atoms with Crippen molar-refractivity contribution >= 4 is 23.6 Å². The van der Waals surface area contributed by atoms with Gasteiger partial charge in [-0.2, -0.15) is 0 Å². The zero-order valence-electron chi connectivity index (χ0n) is 13.4. The summed E-state index contributed by atoms with van der Waals surface area (Å²) in [5.41, 5.74) is 5.51. The molecule has 0 atom stereocenters. The quantitative estimate of drug-likeness (QED) is 0.810. The zero-order valence-corrected chi connectivity index (χ0v) is 14.2. The van der Waals surface area contributed by atoms with Gasteiger partial charge in [-0.05, 0) is 25.0 Å². The second kappa shape index (κ2) is 7.64. The van der Waals surface area contributed by atoms with Crippen molar-refractivity contribution in [2.24, 2.45) is 11.7 Å². The van der Waals surface area contributed by atoms with Crippen molar-refractivity contribution < 1.29 is 18.4 Å². The summed E-state index contributed by atoms with van der Waals surface area (Å²) in [4.78, 5) is 25.1. The molecule has 1 aliphatic heterocycles. The number of nitrogens with two attached hydrogens (primary N) is 1. The van der Waals surface area contributed by atoms with Gasteiger partial charge in [0.2, 0.25) is 11.8 Å². The Morgan fingerprint density at radius 3 is 2.68 bits per heavy atom. The number of hydrogen-bond acceptors (Lipinski definition) is 6. The van der Waals surface area contributed by atoms with Gasteiger partial charge in [0.05, 0.1) is 11.3 Å². The standard InChI is InChI=1S/C16H17FN4O3S/c17-12-4-2-1-3-11(12)15-19-20-16(24-15)25-9-13(22)21-7-5-10(6-8-21)14(18)23/h1-4,10H,5-9H2,(H2,18,23). The summed E-state index contributed by atoms with van der Waals surface area (Å²) >= 11 is 1.11. The van der Waals surface area contributed by atoms with Crippen LogP contribution in [0, 0.1) is 11.7 Å². The van der Waals surface area contributed by atoms with E-state index in [-0.39, 0.29) is 40.2 Å². The number of benzene rings is 1. The summed E-state index contributed by atoms with van der Waals surface area (Å²) in [6.45, 7) is 1.02. The fourth-order valence-electron chi connectivity index (χ4n) is 2.64. The van der Waals surface area contributed by atoms with E-state index in [2.05, 4.69) is 10.2 Å². The smallest absolute Gasteiger partial charge is 0.277 e. The number of carbonyl (C=O) groups excluding carboxylic acids is 2.